The van der Waals surface area contributed by atoms with Crippen LogP contribution < -0.4 is 20.3 Å². The fourth-order valence-electron chi connectivity index (χ4n) is 4.88. The molecule has 0 radical (unpaired) electrons. The van der Waals surface area contributed by atoms with Crippen molar-refractivity contribution >= 4 is 46.2 Å². The number of hydrogen-bond donors (Lipinski definition) is 2. The molecule has 200 valence electrons. The number of methoxy groups -OCH3 is 2. The number of benzene rings is 2. The second-order valence-corrected chi connectivity index (χ2v) is 9.87. The number of nitrogens with one attached hydrogen (secondary N) is 2. The van der Waals surface area contributed by atoms with E-state index >= 15 is 0 Å². The van der Waals surface area contributed by atoms with Crippen molar-refractivity contribution in [2.24, 2.45) is 0 Å². The van der Waals surface area contributed by atoms with Gasteiger partial charge < -0.3 is 29.6 Å². The maximum atomic E-state index is 12.1. The van der Waals surface area contributed by atoms with Gasteiger partial charge in [0, 0.05) is 36.1 Å². The summed E-state index contributed by atoms with van der Waals surface area (Å²) < 4.78 is 12.5. The van der Waals surface area contributed by atoms with E-state index in [1.165, 1.54) is 7.11 Å². The van der Waals surface area contributed by atoms with E-state index in [4.69, 9.17) is 33.3 Å². The molecule has 1 aliphatic rings. The van der Waals surface area contributed by atoms with Crippen molar-refractivity contribution in [3.05, 3.63) is 101 Å². The highest BCUT2D eigenvalue weighted by atomic mass is 35.5. The predicted octanol–water partition coefficient (Wildman–Crippen LogP) is 5.60. The maximum Gasteiger partial charge on any atom is 0.250 e. The fraction of sp³-hybridized carbons (Fsp3) is 0.207. The fourth-order valence-corrected chi connectivity index (χ4v) is 5.45. The van der Waals surface area contributed by atoms with Gasteiger partial charge in [-0.1, -0.05) is 17.7 Å². The predicted molar refractivity (Wildman–Crippen MR) is 157 cm³/mol. The molecule has 1 aliphatic heterocycles. The van der Waals surface area contributed by atoms with E-state index in [1.54, 1.807) is 25.4 Å². The highest BCUT2D eigenvalue weighted by Gasteiger charge is 2.42. The molecule has 0 saturated carbocycles. The number of nitrogens with zero attached hydrogens (tertiary/aromatic N) is 3. The summed E-state index contributed by atoms with van der Waals surface area (Å²) in [5.74, 6) is 0.500. The van der Waals surface area contributed by atoms with E-state index in [0.717, 1.165) is 34.2 Å². The zero-order valence-electron chi connectivity index (χ0n) is 21.7. The molecule has 1 amide bonds. The third kappa shape index (κ3) is 5.34. The zero-order valence-corrected chi connectivity index (χ0v) is 23.3. The SMILES string of the molecule is COCC(=O)Nc1ccc(N2C(=S)N[C@@H](c3ccccn3)[C@@H]2c2ccc(C)n2-c2ccc(OC)cc2)cc1Cl. The summed E-state index contributed by atoms with van der Waals surface area (Å²) in [4.78, 5) is 18.8. The van der Waals surface area contributed by atoms with Crippen LogP contribution in [0.4, 0.5) is 11.4 Å². The minimum Gasteiger partial charge on any atom is -0.497 e. The van der Waals surface area contributed by atoms with Crippen LogP contribution in [0.3, 0.4) is 0 Å². The molecule has 2 aromatic heterocycles. The number of aromatic nitrogens is 2. The van der Waals surface area contributed by atoms with Gasteiger partial charge in [-0.3, -0.25) is 9.78 Å². The Morgan fingerprint density at radius 2 is 1.85 bits per heavy atom. The molecule has 2 atom stereocenters. The lowest BCUT2D eigenvalue weighted by atomic mass is 10.0. The van der Waals surface area contributed by atoms with E-state index in [1.807, 2.05) is 48.5 Å². The van der Waals surface area contributed by atoms with Crippen molar-refractivity contribution in [3.8, 4) is 11.4 Å². The molecule has 2 N–H and O–H groups in total. The normalized spacial score (nSPS) is 16.7. The number of hydrogen-bond acceptors (Lipinski definition) is 5. The lowest BCUT2D eigenvalue weighted by Crippen LogP contribution is -2.30. The van der Waals surface area contributed by atoms with E-state index in [9.17, 15) is 4.79 Å². The Kier molecular flexibility index (Phi) is 7.83. The summed E-state index contributed by atoms with van der Waals surface area (Å²) in [7, 11) is 3.12. The number of carbonyl (C=O) groups excluding carboxylic acids is 1. The summed E-state index contributed by atoms with van der Waals surface area (Å²) in [5, 5.41) is 7.20. The molecular weight excluding hydrogens is 534 g/mol. The second-order valence-electron chi connectivity index (χ2n) is 9.07. The molecule has 0 aliphatic carbocycles. The van der Waals surface area contributed by atoms with Gasteiger partial charge in [-0.25, -0.2) is 0 Å². The van der Waals surface area contributed by atoms with Crippen molar-refractivity contribution in [3.63, 3.8) is 0 Å². The van der Waals surface area contributed by atoms with Crippen molar-refractivity contribution in [2.45, 2.75) is 19.0 Å². The zero-order chi connectivity index (χ0) is 27.5. The maximum absolute atomic E-state index is 12.1. The van der Waals surface area contributed by atoms with E-state index in [2.05, 4.69) is 44.1 Å². The molecule has 0 unspecified atom stereocenters. The average molecular weight is 562 g/mol. The van der Waals surface area contributed by atoms with Crippen LogP contribution in [0.5, 0.6) is 5.75 Å². The van der Waals surface area contributed by atoms with Gasteiger partial charge in [-0.2, -0.15) is 0 Å². The molecule has 1 saturated heterocycles. The number of amides is 1. The van der Waals surface area contributed by atoms with Crippen molar-refractivity contribution < 1.29 is 14.3 Å². The average Bonchev–Trinajstić information content (AvgIpc) is 3.49. The van der Waals surface area contributed by atoms with Crippen molar-refractivity contribution in [1.82, 2.24) is 14.9 Å². The topological polar surface area (TPSA) is 80.7 Å². The van der Waals surface area contributed by atoms with E-state index in [0.29, 0.717) is 15.8 Å². The lowest BCUT2D eigenvalue weighted by molar-refractivity contribution is -0.119. The molecule has 4 aromatic rings. The van der Waals surface area contributed by atoms with Gasteiger partial charge in [-0.15, -0.1) is 0 Å². The Balaban J connectivity index is 1.61. The summed E-state index contributed by atoms with van der Waals surface area (Å²) in [6.07, 6.45) is 1.78. The molecule has 3 heterocycles. The van der Waals surface area contributed by atoms with Crippen LogP contribution in [0.15, 0.2) is 79.0 Å². The molecule has 10 heteroatoms. The number of halogens is 1. The van der Waals surface area contributed by atoms with Gasteiger partial charge in [0.1, 0.15) is 18.4 Å². The van der Waals surface area contributed by atoms with Gasteiger partial charge in [0.2, 0.25) is 5.91 Å². The van der Waals surface area contributed by atoms with E-state index in [-0.39, 0.29) is 24.6 Å². The summed E-state index contributed by atoms with van der Waals surface area (Å²) in [5.41, 5.74) is 5.24. The first-order chi connectivity index (χ1) is 18.9. The second kappa shape index (κ2) is 11.4. The van der Waals surface area contributed by atoms with Crippen LogP contribution in [0.25, 0.3) is 5.69 Å². The lowest BCUT2D eigenvalue weighted by Gasteiger charge is -2.29. The number of pyridine rings is 1. The minimum atomic E-state index is -0.286. The Bertz CT molecular complexity index is 1490. The van der Waals surface area contributed by atoms with Gasteiger partial charge in [-0.05, 0) is 85.9 Å². The Hall–Kier alpha value is -3.92. The molecule has 0 spiro atoms. The molecule has 5 rings (SSSR count). The van der Waals surface area contributed by atoms with E-state index < -0.39 is 0 Å². The molecule has 8 nitrogen and oxygen atoms in total. The van der Waals surface area contributed by atoms with Crippen LogP contribution in [-0.2, 0) is 9.53 Å². The first-order valence-electron chi connectivity index (χ1n) is 12.3. The van der Waals surface area contributed by atoms with Crippen LogP contribution in [0.1, 0.15) is 29.2 Å². The Morgan fingerprint density at radius 3 is 2.51 bits per heavy atom. The molecule has 1 fully saturated rings. The smallest absolute Gasteiger partial charge is 0.250 e. The Morgan fingerprint density at radius 1 is 1.08 bits per heavy atom. The third-order valence-electron chi connectivity index (χ3n) is 6.62. The first kappa shape index (κ1) is 26.7. The summed E-state index contributed by atoms with van der Waals surface area (Å²) in [6, 6.07) is 23.0. The number of anilines is 2. The molecular formula is C29H28ClN5O3S. The van der Waals surface area contributed by atoms with Gasteiger partial charge in [0.15, 0.2) is 5.11 Å². The summed E-state index contributed by atoms with van der Waals surface area (Å²) >= 11 is 12.5. The van der Waals surface area contributed by atoms with Crippen molar-refractivity contribution in [1.29, 1.82) is 0 Å². The largest absolute Gasteiger partial charge is 0.497 e. The van der Waals surface area contributed by atoms with Crippen LogP contribution >= 0.6 is 23.8 Å². The number of rotatable bonds is 8. The molecule has 0 bridgehead atoms. The standard InChI is InChI=1S/C29H28ClN5O3S/c1-18-7-14-25(34(18)19-8-11-21(38-3)12-9-19)28-27(24-6-4-5-15-31-24)33-29(39)35(28)20-10-13-23(22(30)16-20)32-26(36)17-37-2/h4-16,27-28H,17H2,1-3H3,(H,32,36)(H,33,39)/t27-,28-/m0/s1. The Labute approximate surface area is 237 Å². The highest BCUT2D eigenvalue weighted by molar-refractivity contribution is 7.80. The van der Waals surface area contributed by atoms with Crippen LogP contribution in [0.2, 0.25) is 5.02 Å². The molecule has 2 aromatic carbocycles. The number of aryl methyl sites for hydroxylation is 1. The number of carbonyl (C=O) groups is 1. The van der Waals surface area contributed by atoms with Crippen LogP contribution in [0, 0.1) is 6.92 Å². The summed E-state index contributed by atoms with van der Waals surface area (Å²) in [6.45, 7) is 2.01. The first-order valence-corrected chi connectivity index (χ1v) is 13.1. The van der Waals surface area contributed by atoms with Crippen LogP contribution in [-0.4, -0.2) is 41.4 Å². The number of thiocarbonyl (C=S) groups is 1. The van der Waals surface area contributed by atoms with Gasteiger partial charge in [0.05, 0.1) is 29.6 Å². The molecule has 39 heavy (non-hydrogen) atoms. The monoisotopic (exact) mass is 561 g/mol. The third-order valence-corrected chi connectivity index (χ3v) is 7.25. The highest BCUT2D eigenvalue weighted by Crippen LogP contribution is 2.44. The number of ether oxygens (including phenoxy) is 2. The quantitative estimate of drug-likeness (QED) is 0.271. The van der Waals surface area contributed by atoms with Gasteiger partial charge in [0.25, 0.3) is 0 Å². The minimum absolute atomic E-state index is 0.0618. The van der Waals surface area contributed by atoms with Gasteiger partial charge >= 0.3 is 0 Å². The van der Waals surface area contributed by atoms with Crippen molar-refractivity contribution in [2.75, 3.05) is 31.0 Å².